The van der Waals surface area contributed by atoms with Gasteiger partial charge in [0.2, 0.25) is 5.91 Å². The molecule has 7 nitrogen and oxygen atoms in total. The van der Waals surface area contributed by atoms with Gasteiger partial charge < -0.3 is 15.2 Å². The van der Waals surface area contributed by atoms with Crippen LogP contribution in [-0.4, -0.2) is 45.9 Å². The minimum Gasteiger partial charge on any atom is -0.342 e. The predicted octanol–water partition coefficient (Wildman–Crippen LogP) is 2.75. The summed E-state index contributed by atoms with van der Waals surface area (Å²) in [5, 5.41) is 2.68. The summed E-state index contributed by atoms with van der Waals surface area (Å²) in [4.78, 5) is 42.1. The van der Waals surface area contributed by atoms with Gasteiger partial charge in [0, 0.05) is 19.1 Å². The van der Waals surface area contributed by atoms with Crippen molar-refractivity contribution < 1.29 is 9.59 Å². The zero-order chi connectivity index (χ0) is 19.7. The molecule has 2 N–H and O–H groups in total. The van der Waals surface area contributed by atoms with Crippen molar-refractivity contribution in [2.45, 2.75) is 18.9 Å². The number of para-hydroxylation sites is 2. The average Bonchev–Trinajstić information content (AvgIpc) is 3.28. The topological polar surface area (TPSA) is 87.2 Å². The normalized spacial score (nSPS) is 15.1. The number of imidazole rings is 1. The predicted molar refractivity (Wildman–Crippen MR) is 112 cm³/mol. The second-order valence-electron chi connectivity index (χ2n) is 6.72. The SMILES string of the molecule is O=C(NCC(=O)N1CCC(n2c(=O)[nH]c3ccccc32)CC1)c1ccc(Br)s1. The highest BCUT2D eigenvalue weighted by Gasteiger charge is 2.26. The molecular weight excluding hydrogens is 444 g/mol. The Morgan fingerprint density at radius 3 is 2.64 bits per heavy atom. The lowest BCUT2D eigenvalue weighted by Crippen LogP contribution is -2.45. The van der Waals surface area contributed by atoms with Crippen molar-refractivity contribution in [2.75, 3.05) is 19.6 Å². The molecule has 1 fully saturated rings. The lowest BCUT2D eigenvalue weighted by Gasteiger charge is -2.32. The van der Waals surface area contributed by atoms with Gasteiger partial charge in [0.1, 0.15) is 0 Å². The molecule has 3 aromatic rings. The van der Waals surface area contributed by atoms with Crippen molar-refractivity contribution in [1.82, 2.24) is 19.8 Å². The summed E-state index contributed by atoms with van der Waals surface area (Å²) in [6.07, 6.45) is 1.42. The van der Waals surface area contributed by atoms with E-state index < -0.39 is 0 Å². The van der Waals surface area contributed by atoms with E-state index in [4.69, 9.17) is 0 Å². The fourth-order valence-electron chi connectivity index (χ4n) is 3.60. The van der Waals surface area contributed by atoms with Crippen molar-refractivity contribution in [1.29, 1.82) is 0 Å². The molecule has 0 spiro atoms. The van der Waals surface area contributed by atoms with Crippen LogP contribution < -0.4 is 11.0 Å². The number of hydrogen-bond donors (Lipinski definition) is 2. The van der Waals surface area contributed by atoms with Gasteiger partial charge in [-0.15, -0.1) is 11.3 Å². The first-order valence-corrected chi connectivity index (χ1v) is 10.6. The molecule has 28 heavy (non-hydrogen) atoms. The van der Waals surface area contributed by atoms with Crippen molar-refractivity contribution in [3.05, 3.63) is 55.5 Å². The van der Waals surface area contributed by atoms with Crippen LogP contribution in [0.1, 0.15) is 28.6 Å². The Labute approximate surface area is 173 Å². The molecule has 2 amide bonds. The summed E-state index contributed by atoms with van der Waals surface area (Å²) in [7, 11) is 0. The molecule has 2 aromatic heterocycles. The Bertz CT molecular complexity index is 1080. The van der Waals surface area contributed by atoms with Gasteiger partial charge >= 0.3 is 5.69 Å². The van der Waals surface area contributed by atoms with Gasteiger partial charge in [-0.3, -0.25) is 14.2 Å². The largest absolute Gasteiger partial charge is 0.342 e. The Morgan fingerprint density at radius 1 is 1.18 bits per heavy atom. The number of rotatable bonds is 4. The number of amides is 2. The maximum absolute atomic E-state index is 12.4. The first-order chi connectivity index (χ1) is 13.5. The molecule has 0 aliphatic carbocycles. The van der Waals surface area contributed by atoms with E-state index in [0.717, 1.165) is 14.8 Å². The van der Waals surface area contributed by atoms with E-state index >= 15 is 0 Å². The number of thiophene rings is 1. The third kappa shape index (κ3) is 3.77. The lowest BCUT2D eigenvalue weighted by molar-refractivity contribution is -0.131. The summed E-state index contributed by atoms with van der Waals surface area (Å²) in [5.74, 6) is -0.349. The number of H-pyrrole nitrogens is 1. The van der Waals surface area contributed by atoms with Gasteiger partial charge in [0.05, 0.1) is 26.2 Å². The summed E-state index contributed by atoms with van der Waals surface area (Å²) >= 11 is 4.65. The minimum absolute atomic E-state index is 0.0218. The van der Waals surface area contributed by atoms with E-state index in [2.05, 4.69) is 26.2 Å². The van der Waals surface area contributed by atoms with Crippen LogP contribution in [-0.2, 0) is 4.79 Å². The van der Waals surface area contributed by atoms with Crippen LogP contribution in [0.4, 0.5) is 0 Å². The Kier molecular flexibility index (Phi) is 5.36. The van der Waals surface area contributed by atoms with Crippen LogP contribution >= 0.6 is 27.3 Å². The highest BCUT2D eigenvalue weighted by atomic mass is 79.9. The van der Waals surface area contributed by atoms with E-state index in [0.29, 0.717) is 30.8 Å². The fourth-order valence-corrected chi connectivity index (χ4v) is 4.90. The molecule has 1 saturated heterocycles. The number of hydrogen-bond acceptors (Lipinski definition) is 4. The number of nitrogens with zero attached hydrogens (tertiary/aromatic N) is 2. The first kappa shape index (κ1) is 18.9. The summed E-state index contributed by atoms with van der Waals surface area (Å²) in [5.41, 5.74) is 1.61. The van der Waals surface area contributed by atoms with Crippen LogP contribution in [0.15, 0.2) is 45.0 Å². The van der Waals surface area contributed by atoms with Gasteiger partial charge in [-0.1, -0.05) is 12.1 Å². The highest BCUT2D eigenvalue weighted by molar-refractivity contribution is 9.11. The van der Waals surface area contributed by atoms with E-state index in [9.17, 15) is 14.4 Å². The van der Waals surface area contributed by atoms with Gasteiger partial charge in [0.15, 0.2) is 0 Å². The number of likely N-dealkylation sites (tertiary alicyclic amines) is 1. The zero-order valence-corrected chi connectivity index (χ0v) is 17.4. The monoisotopic (exact) mass is 462 g/mol. The second kappa shape index (κ2) is 7.92. The van der Waals surface area contributed by atoms with Crippen molar-refractivity contribution in [3.8, 4) is 0 Å². The fraction of sp³-hybridized carbons (Fsp3) is 0.316. The molecule has 3 heterocycles. The molecular formula is C19H19BrN4O3S. The molecule has 0 radical (unpaired) electrons. The second-order valence-corrected chi connectivity index (χ2v) is 9.18. The maximum atomic E-state index is 12.4. The smallest absolute Gasteiger partial charge is 0.326 e. The van der Waals surface area contributed by atoms with Crippen LogP contribution in [0.5, 0.6) is 0 Å². The Morgan fingerprint density at radius 2 is 1.93 bits per heavy atom. The van der Waals surface area contributed by atoms with Crippen molar-refractivity contribution in [2.24, 2.45) is 0 Å². The number of benzene rings is 1. The third-order valence-electron chi connectivity index (χ3n) is 5.00. The van der Waals surface area contributed by atoms with Crippen LogP contribution in [0, 0.1) is 0 Å². The van der Waals surface area contributed by atoms with E-state index in [1.54, 1.807) is 21.6 Å². The molecule has 1 aliphatic rings. The number of carbonyl (C=O) groups is 2. The van der Waals surface area contributed by atoms with Gasteiger partial charge in [-0.05, 0) is 53.0 Å². The number of carbonyl (C=O) groups excluding carboxylic acids is 2. The van der Waals surface area contributed by atoms with Crippen LogP contribution in [0.2, 0.25) is 0 Å². The zero-order valence-electron chi connectivity index (χ0n) is 15.0. The molecule has 0 bridgehead atoms. The van der Waals surface area contributed by atoms with Crippen LogP contribution in [0.25, 0.3) is 11.0 Å². The number of halogens is 1. The van der Waals surface area contributed by atoms with Gasteiger partial charge in [0.25, 0.3) is 5.91 Å². The lowest BCUT2D eigenvalue weighted by atomic mass is 10.0. The van der Waals surface area contributed by atoms with Gasteiger partial charge in [-0.25, -0.2) is 4.79 Å². The Hall–Kier alpha value is -2.39. The van der Waals surface area contributed by atoms with E-state index in [1.807, 2.05) is 24.3 Å². The molecule has 1 aromatic carbocycles. The Balaban J connectivity index is 1.34. The standard InChI is InChI=1S/C19H19BrN4O3S/c20-16-6-5-15(28-16)18(26)21-11-17(25)23-9-7-12(8-10-23)24-14-4-2-1-3-13(14)22-19(24)27/h1-6,12H,7-11H2,(H,21,26)(H,22,27). The molecule has 4 rings (SSSR count). The molecule has 9 heteroatoms. The molecule has 146 valence electrons. The summed E-state index contributed by atoms with van der Waals surface area (Å²) < 4.78 is 2.67. The molecule has 0 unspecified atom stereocenters. The summed E-state index contributed by atoms with van der Waals surface area (Å²) in [6, 6.07) is 11.2. The molecule has 0 saturated carbocycles. The van der Waals surface area contributed by atoms with Crippen LogP contribution in [0.3, 0.4) is 0 Å². The highest BCUT2D eigenvalue weighted by Crippen LogP contribution is 2.25. The average molecular weight is 463 g/mol. The first-order valence-electron chi connectivity index (χ1n) is 9.03. The third-order valence-corrected chi connectivity index (χ3v) is 6.63. The van der Waals surface area contributed by atoms with Crippen molar-refractivity contribution in [3.63, 3.8) is 0 Å². The minimum atomic E-state index is -0.246. The quantitative estimate of drug-likeness (QED) is 0.624. The van der Waals surface area contributed by atoms with E-state index in [-0.39, 0.29) is 30.1 Å². The maximum Gasteiger partial charge on any atom is 0.326 e. The number of nitrogens with one attached hydrogen (secondary N) is 2. The molecule has 1 aliphatic heterocycles. The van der Waals surface area contributed by atoms with E-state index in [1.165, 1.54) is 11.3 Å². The molecule has 0 atom stereocenters. The number of piperidine rings is 1. The number of fused-ring (bicyclic) bond motifs is 1. The van der Waals surface area contributed by atoms with Crippen molar-refractivity contribution >= 4 is 50.1 Å². The number of aromatic amines is 1. The summed E-state index contributed by atoms with van der Waals surface area (Å²) in [6.45, 7) is 1.11. The number of aromatic nitrogens is 2. The van der Waals surface area contributed by atoms with Gasteiger partial charge in [-0.2, -0.15) is 0 Å².